The Morgan fingerprint density at radius 3 is 2.70 bits per heavy atom. The van der Waals surface area contributed by atoms with E-state index in [0.717, 1.165) is 11.0 Å². The first-order valence-electron chi connectivity index (χ1n) is 6.17. The van der Waals surface area contributed by atoms with Crippen LogP contribution in [0.15, 0.2) is 21.7 Å². The molecule has 0 saturated carbocycles. The quantitative estimate of drug-likeness (QED) is 0.490. The normalized spacial score (nSPS) is 10.8. The van der Waals surface area contributed by atoms with Crippen molar-refractivity contribution in [3.05, 3.63) is 43.1 Å². The number of nitro groups is 1. The van der Waals surface area contributed by atoms with Crippen LogP contribution in [0.5, 0.6) is 0 Å². The summed E-state index contributed by atoms with van der Waals surface area (Å²) in [6.45, 7) is 2.18. The molecule has 8 heteroatoms. The maximum Gasteiger partial charge on any atom is 0.328 e. The van der Waals surface area contributed by atoms with Crippen LogP contribution in [0, 0.1) is 10.1 Å². The van der Waals surface area contributed by atoms with E-state index in [0.29, 0.717) is 6.42 Å². The van der Waals surface area contributed by atoms with Crippen molar-refractivity contribution >= 4 is 22.3 Å². The molecule has 20 heavy (non-hydrogen) atoms. The number of aromatic amines is 1. The monoisotopic (exact) mass is 278 g/mol. The summed E-state index contributed by atoms with van der Waals surface area (Å²) in [6, 6.07) is 2.49. The fourth-order valence-corrected chi connectivity index (χ4v) is 2.03. The average molecular weight is 278 g/mol. The van der Waals surface area contributed by atoms with Gasteiger partial charge in [0.25, 0.3) is 11.2 Å². The number of hydrogen-bond acceptors (Lipinski definition) is 5. The molecular weight excluding hydrogens is 264 g/mol. The number of nitrogens with two attached hydrogens (primary N) is 1. The van der Waals surface area contributed by atoms with Crippen LogP contribution in [-0.4, -0.2) is 14.5 Å². The summed E-state index contributed by atoms with van der Waals surface area (Å²) in [7, 11) is 0. The van der Waals surface area contributed by atoms with E-state index in [-0.39, 0.29) is 28.8 Å². The molecule has 0 aliphatic carbocycles. The van der Waals surface area contributed by atoms with E-state index in [4.69, 9.17) is 5.73 Å². The SMILES string of the molecule is CCCCn1c(=O)[nH]c2ccc([N+](=O)[O-])c(N)c2c1=O. The van der Waals surface area contributed by atoms with E-state index in [2.05, 4.69) is 4.98 Å². The van der Waals surface area contributed by atoms with Crippen LogP contribution >= 0.6 is 0 Å². The fourth-order valence-electron chi connectivity index (χ4n) is 2.03. The highest BCUT2D eigenvalue weighted by molar-refractivity contribution is 5.94. The number of aromatic nitrogens is 2. The van der Waals surface area contributed by atoms with Crippen LogP contribution < -0.4 is 17.0 Å². The minimum absolute atomic E-state index is 0.0186. The Hall–Kier alpha value is -2.64. The first-order chi connectivity index (χ1) is 9.47. The summed E-state index contributed by atoms with van der Waals surface area (Å²) < 4.78 is 1.02. The topological polar surface area (TPSA) is 124 Å². The minimum atomic E-state index is -0.657. The Balaban J connectivity index is 2.81. The van der Waals surface area contributed by atoms with Gasteiger partial charge in [0.2, 0.25) is 0 Å². The molecule has 0 aliphatic rings. The number of nitrogens with zero attached hydrogens (tertiary/aromatic N) is 2. The van der Waals surface area contributed by atoms with Gasteiger partial charge in [0, 0.05) is 12.6 Å². The zero-order valence-corrected chi connectivity index (χ0v) is 10.9. The van der Waals surface area contributed by atoms with Gasteiger partial charge in [-0.3, -0.25) is 19.5 Å². The van der Waals surface area contributed by atoms with Gasteiger partial charge in [0.1, 0.15) is 5.69 Å². The lowest BCUT2D eigenvalue weighted by Gasteiger charge is -2.07. The number of nitrogen functional groups attached to an aromatic ring is 1. The Bertz CT molecular complexity index is 790. The molecule has 0 amide bonds. The molecule has 0 bridgehead atoms. The Kier molecular flexibility index (Phi) is 3.55. The van der Waals surface area contributed by atoms with Crippen LogP contribution in [-0.2, 0) is 6.54 Å². The number of nitrogens with one attached hydrogen (secondary N) is 1. The number of anilines is 1. The lowest BCUT2D eigenvalue weighted by Crippen LogP contribution is -2.35. The van der Waals surface area contributed by atoms with Crippen molar-refractivity contribution in [2.45, 2.75) is 26.3 Å². The Morgan fingerprint density at radius 2 is 2.10 bits per heavy atom. The Morgan fingerprint density at radius 1 is 1.40 bits per heavy atom. The largest absolute Gasteiger partial charge is 0.392 e. The van der Waals surface area contributed by atoms with E-state index < -0.39 is 16.2 Å². The lowest BCUT2D eigenvalue weighted by atomic mass is 10.2. The molecule has 1 heterocycles. The van der Waals surface area contributed by atoms with E-state index >= 15 is 0 Å². The summed E-state index contributed by atoms with van der Waals surface area (Å²) in [6.07, 6.45) is 1.47. The van der Waals surface area contributed by atoms with Gasteiger partial charge in [-0.2, -0.15) is 0 Å². The molecule has 0 aliphatic heterocycles. The standard InChI is InChI=1S/C12H14N4O4/c1-2-3-6-15-11(17)9-7(14-12(15)18)4-5-8(10(9)13)16(19)20/h4-5H,2-3,6,13H2,1H3,(H,14,18). The zero-order chi connectivity index (χ0) is 14.9. The molecule has 2 aromatic rings. The van der Waals surface area contributed by atoms with Gasteiger partial charge >= 0.3 is 5.69 Å². The second-order valence-corrected chi connectivity index (χ2v) is 4.42. The van der Waals surface area contributed by atoms with Crippen LogP contribution in [0.2, 0.25) is 0 Å². The highest BCUT2D eigenvalue weighted by Gasteiger charge is 2.18. The van der Waals surface area contributed by atoms with Gasteiger partial charge in [-0.05, 0) is 12.5 Å². The first-order valence-corrected chi connectivity index (χ1v) is 6.17. The van der Waals surface area contributed by atoms with Gasteiger partial charge < -0.3 is 10.7 Å². The molecule has 2 rings (SSSR count). The molecular formula is C12H14N4O4. The second-order valence-electron chi connectivity index (χ2n) is 4.42. The number of rotatable bonds is 4. The van der Waals surface area contributed by atoms with Gasteiger partial charge in [-0.25, -0.2) is 4.79 Å². The van der Waals surface area contributed by atoms with E-state index in [1.165, 1.54) is 12.1 Å². The minimum Gasteiger partial charge on any atom is -0.392 e. The summed E-state index contributed by atoms with van der Waals surface area (Å²) in [4.78, 5) is 36.8. The van der Waals surface area contributed by atoms with E-state index in [9.17, 15) is 19.7 Å². The van der Waals surface area contributed by atoms with Crippen LogP contribution in [0.25, 0.3) is 10.9 Å². The molecule has 0 saturated heterocycles. The molecule has 8 nitrogen and oxygen atoms in total. The van der Waals surface area contributed by atoms with Gasteiger partial charge in [-0.1, -0.05) is 13.3 Å². The summed E-state index contributed by atoms with van der Waals surface area (Å²) >= 11 is 0. The highest BCUT2D eigenvalue weighted by atomic mass is 16.6. The predicted octanol–water partition coefficient (Wildman–Crippen LogP) is 0.980. The zero-order valence-electron chi connectivity index (χ0n) is 10.9. The number of nitro benzene ring substituents is 1. The van der Waals surface area contributed by atoms with Crippen molar-refractivity contribution in [3.63, 3.8) is 0 Å². The highest BCUT2D eigenvalue weighted by Crippen LogP contribution is 2.26. The molecule has 3 N–H and O–H groups in total. The molecule has 0 radical (unpaired) electrons. The molecule has 0 atom stereocenters. The average Bonchev–Trinajstić information content (AvgIpc) is 2.37. The fraction of sp³-hybridized carbons (Fsp3) is 0.333. The summed E-state index contributed by atoms with van der Waals surface area (Å²) in [5, 5.41) is 10.8. The smallest absolute Gasteiger partial charge is 0.328 e. The van der Waals surface area contributed by atoms with Crippen molar-refractivity contribution in [3.8, 4) is 0 Å². The van der Waals surface area contributed by atoms with Crippen molar-refractivity contribution in [1.29, 1.82) is 0 Å². The number of benzene rings is 1. The molecule has 0 unspecified atom stereocenters. The van der Waals surface area contributed by atoms with E-state index in [1.807, 2.05) is 6.92 Å². The van der Waals surface area contributed by atoms with Crippen molar-refractivity contribution in [2.75, 3.05) is 5.73 Å². The lowest BCUT2D eigenvalue weighted by molar-refractivity contribution is -0.383. The summed E-state index contributed by atoms with van der Waals surface area (Å²) in [5.74, 6) is 0. The first kappa shape index (κ1) is 13.8. The number of H-pyrrole nitrogens is 1. The van der Waals surface area contributed by atoms with E-state index in [1.54, 1.807) is 0 Å². The maximum absolute atomic E-state index is 12.3. The third-order valence-corrected chi connectivity index (χ3v) is 3.10. The van der Waals surface area contributed by atoms with Crippen molar-refractivity contribution < 1.29 is 4.92 Å². The van der Waals surface area contributed by atoms with Gasteiger partial charge in [0.05, 0.1) is 15.8 Å². The van der Waals surface area contributed by atoms with Crippen LogP contribution in [0.3, 0.4) is 0 Å². The van der Waals surface area contributed by atoms with Crippen LogP contribution in [0.1, 0.15) is 19.8 Å². The molecule has 0 fully saturated rings. The van der Waals surface area contributed by atoms with Crippen LogP contribution in [0.4, 0.5) is 11.4 Å². The number of fused-ring (bicyclic) bond motifs is 1. The number of unbranched alkanes of at least 4 members (excludes halogenated alkanes) is 1. The molecule has 0 spiro atoms. The number of hydrogen-bond donors (Lipinski definition) is 2. The predicted molar refractivity (Wildman–Crippen MR) is 74.8 cm³/mol. The molecule has 106 valence electrons. The third kappa shape index (κ3) is 2.15. The third-order valence-electron chi connectivity index (χ3n) is 3.10. The second kappa shape index (κ2) is 5.16. The van der Waals surface area contributed by atoms with Crippen molar-refractivity contribution in [1.82, 2.24) is 9.55 Å². The van der Waals surface area contributed by atoms with Gasteiger partial charge in [0.15, 0.2) is 0 Å². The molecule has 1 aromatic heterocycles. The van der Waals surface area contributed by atoms with Crippen molar-refractivity contribution in [2.24, 2.45) is 0 Å². The summed E-state index contributed by atoms with van der Waals surface area (Å²) in [5.41, 5.74) is 4.19. The molecule has 1 aromatic carbocycles. The van der Waals surface area contributed by atoms with Gasteiger partial charge in [-0.15, -0.1) is 0 Å². The maximum atomic E-state index is 12.3. The Labute approximate surface area is 113 Å².